The van der Waals surface area contributed by atoms with E-state index in [0.717, 1.165) is 24.6 Å². The van der Waals surface area contributed by atoms with Crippen LogP contribution in [0, 0.1) is 12.8 Å². The van der Waals surface area contributed by atoms with Crippen molar-refractivity contribution in [1.29, 1.82) is 0 Å². The fraction of sp³-hybridized carbons (Fsp3) is 0.600. The quantitative estimate of drug-likeness (QED) is 0.763. The monoisotopic (exact) mass is 209 g/mol. The second-order valence-electron chi connectivity index (χ2n) is 4.01. The van der Waals surface area contributed by atoms with Gasteiger partial charge in [0.1, 0.15) is 0 Å². The van der Waals surface area contributed by atoms with Gasteiger partial charge in [-0.2, -0.15) is 5.10 Å². The molecular weight excluding hydrogens is 194 g/mol. The minimum atomic E-state index is -0.673. The van der Waals surface area contributed by atoms with Gasteiger partial charge in [0.25, 0.3) is 0 Å². The van der Waals surface area contributed by atoms with Crippen molar-refractivity contribution in [3.05, 3.63) is 11.8 Å². The van der Waals surface area contributed by atoms with Crippen molar-refractivity contribution in [2.75, 3.05) is 18.0 Å². The first-order chi connectivity index (χ1) is 7.16. The van der Waals surface area contributed by atoms with Crippen LogP contribution in [0.25, 0.3) is 0 Å². The Labute approximate surface area is 88.1 Å². The van der Waals surface area contributed by atoms with Crippen LogP contribution in [0.15, 0.2) is 6.07 Å². The van der Waals surface area contributed by atoms with Crippen molar-refractivity contribution in [3.8, 4) is 0 Å². The summed E-state index contributed by atoms with van der Waals surface area (Å²) in [6.45, 7) is 3.52. The molecule has 1 saturated heterocycles. The SMILES string of the molecule is Cc1cc(N2CCC(C(=O)O)CC2)n[nH]1. The van der Waals surface area contributed by atoms with Gasteiger partial charge in [0.05, 0.1) is 5.92 Å². The summed E-state index contributed by atoms with van der Waals surface area (Å²) >= 11 is 0. The van der Waals surface area contributed by atoms with Crippen LogP contribution in [0.2, 0.25) is 0 Å². The van der Waals surface area contributed by atoms with E-state index in [1.54, 1.807) is 0 Å². The highest BCUT2D eigenvalue weighted by Crippen LogP contribution is 2.22. The molecule has 5 nitrogen and oxygen atoms in total. The van der Waals surface area contributed by atoms with Gasteiger partial charge < -0.3 is 10.0 Å². The van der Waals surface area contributed by atoms with Crippen molar-refractivity contribution in [2.24, 2.45) is 5.92 Å². The molecule has 0 amide bonds. The Morgan fingerprint density at radius 3 is 2.73 bits per heavy atom. The molecule has 82 valence electrons. The van der Waals surface area contributed by atoms with Crippen molar-refractivity contribution < 1.29 is 9.90 Å². The van der Waals surface area contributed by atoms with E-state index in [-0.39, 0.29) is 5.92 Å². The molecule has 0 radical (unpaired) electrons. The van der Waals surface area contributed by atoms with E-state index in [1.807, 2.05) is 13.0 Å². The van der Waals surface area contributed by atoms with Crippen LogP contribution in [0.3, 0.4) is 0 Å². The Morgan fingerprint density at radius 1 is 1.60 bits per heavy atom. The molecule has 1 aromatic rings. The van der Waals surface area contributed by atoms with Crippen LogP contribution < -0.4 is 4.90 Å². The van der Waals surface area contributed by atoms with Crippen LogP contribution in [0.5, 0.6) is 0 Å². The number of aliphatic carboxylic acids is 1. The number of anilines is 1. The van der Waals surface area contributed by atoms with E-state index >= 15 is 0 Å². The minimum Gasteiger partial charge on any atom is -0.481 e. The van der Waals surface area contributed by atoms with Crippen molar-refractivity contribution in [1.82, 2.24) is 10.2 Å². The zero-order valence-electron chi connectivity index (χ0n) is 8.73. The molecule has 0 spiro atoms. The number of nitrogens with one attached hydrogen (secondary N) is 1. The smallest absolute Gasteiger partial charge is 0.306 e. The van der Waals surface area contributed by atoms with E-state index in [0.29, 0.717) is 12.8 Å². The molecule has 0 aromatic carbocycles. The Hall–Kier alpha value is -1.52. The summed E-state index contributed by atoms with van der Waals surface area (Å²) < 4.78 is 0. The number of piperidine rings is 1. The second-order valence-corrected chi connectivity index (χ2v) is 4.01. The van der Waals surface area contributed by atoms with Gasteiger partial charge >= 0.3 is 5.97 Å². The highest BCUT2D eigenvalue weighted by molar-refractivity contribution is 5.70. The number of aromatic amines is 1. The standard InChI is InChI=1S/C10H15N3O2/c1-7-6-9(12-11-7)13-4-2-8(3-5-13)10(14)15/h6,8H,2-5H2,1H3,(H,11,12)(H,14,15). The van der Waals surface area contributed by atoms with Crippen molar-refractivity contribution >= 4 is 11.8 Å². The molecule has 1 aromatic heterocycles. The van der Waals surface area contributed by atoms with Gasteiger partial charge in [-0.15, -0.1) is 0 Å². The number of nitrogens with zero attached hydrogens (tertiary/aromatic N) is 2. The number of carbonyl (C=O) groups is 1. The lowest BCUT2D eigenvalue weighted by Gasteiger charge is -2.29. The van der Waals surface area contributed by atoms with Crippen LogP contribution in [0.4, 0.5) is 5.82 Å². The summed E-state index contributed by atoms with van der Waals surface area (Å²) in [4.78, 5) is 12.9. The van der Waals surface area contributed by atoms with Gasteiger partial charge in [0, 0.05) is 24.8 Å². The lowest BCUT2D eigenvalue weighted by atomic mass is 9.97. The molecule has 0 aliphatic carbocycles. The zero-order chi connectivity index (χ0) is 10.8. The normalized spacial score (nSPS) is 18.1. The molecule has 0 unspecified atom stereocenters. The third-order valence-corrected chi connectivity index (χ3v) is 2.86. The molecule has 1 fully saturated rings. The molecule has 0 atom stereocenters. The molecule has 0 bridgehead atoms. The van der Waals surface area contributed by atoms with E-state index in [9.17, 15) is 4.79 Å². The number of carboxylic acid groups (broad SMARTS) is 1. The minimum absolute atomic E-state index is 0.179. The maximum absolute atomic E-state index is 10.8. The summed E-state index contributed by atoms with van der Waals surface area (Å²) in [6, 6.07) is 1.99. The average molecular weight is 209 g/mol. The number of H-pyrrole nitrogens is 1. The zero-order valence-corrected chi connectivity index (χ0v) is 8.73. The molecule has 15 heavy (non-hydrogen) atoms. The Morgan fingerprint density at radius 2 is 2.27 bits per heavy atom. The van der Waals surface area contributed by atoms with Crippen LogP contribution in [-0.2, 0) is 4.79 Å². The van der Waals surface area contributed by atoms with E-state index < -0.39 is 5.97 Å². The summed E-state index contributed by atoms with van der Waals surface area (Å²) in [5, 5.41) is 15.9. The second kappa shape index (κ2) is 3.92. The molecular formula is C10H15N3O2. The number of carboxylic acids is 1. The average Bonchev–Trinajstić information content (AvgIpc) is 2.65. The number of hydrogen-bond donors (Lipinski definition) is 2. The number of rotatable bonds is 2. The summed E-state index contributed by atoms with van der Waals surface area (Å²) in [5.41, 5.74) is 1.03. The largest absolute Gasteiger partial charge is 0.481 e. The van der Waals surface area contributed by atoms with Gasteiger partial charge in [0.15, 0.2) is 5.82 Å². The highest BCUT2D eigenvalue weighted by Gasteiger charge is 2.25. The van der Waals surface area contributed by atoms with E-state index in [4.69, 9.17) is 5.11 Å². The number of hydrogen-bond acceptors (Lipinski definition) is 3. The lowest BCUT2D eigenvalue weighted by Crippen LogP contribution is -2.36. The van der Waals surface area contributed by atoms with Crippen LogP contribution in [0.1, 0.15) is 18.5 Å². The van der Waals surface area contributed by atoms with Crippen LogP contribution >= 0.6 is 0 Å². The molecule has 2 N–H and O–H groups in total. The summed E-state index contributed by atoms with van der Waals surface area (Å²) in [7, 11) is 0. The van der Waals surface area contributed by atoms with Gasteiger partial charge in [-0.1, -0.05) is 0 Å². The molecule has 2 rings (SSSR count). The first-order valence-corrected chi connectivity index (χ1v) is 5.16. The Balaban J connectivity index is 1.96. The molecule has 5 heteroatoms. The van der Waals surface area contributed by atoms with E-state index in [2.05, 4.69) is 15.1 Å². The maximum Gasteiger partial charge on any atom is 0.306 e. The van der Waals surface area contributed by atoms with Crippen molar-refractivity contribution in [3.63, 3.8) is 0 Å². The van der Waals surface area contributed by atoms with E-state index in [1.165, 1.54) is 0 Å². The predicted octanol–water partition coefficient (Wildman–Crippen LogP) is 1.02. The molecule has 2 heterocycles. The van der Waals surface area contributed by atoms with Gasteiger partial charge in [-0.25, -0.2) is 0 Å². The maximum atomic E-state index is 10.8. The van der Waals surface area contributed by atoms with Crippen molar-refractivity contribution in [2.45, 2.75) is 19.8 Å². The van der Waals surface area contributed by atoms with Gasteiger partial charge in [-0.05, 0) is 19.8 Å². The molecule has 1 aliphatic rings. The first kappa shape index (κ1) is 10.0. The fourth-order valence-corrected chi connectivity index (χ4v) is 1.92. The third-order valence-electron chi connectivity index (χ3n) is 2.86. The molecule has 0 saturated carbocycles. The third kappa shape index (κ3) is 2.11. The number of aromatic nitrogens is 2. The fourth-order valence-electron chi connectivity index (χ4n) is 1.92. The lowest BCUT2D eigenvalue weighted by molar-refractivity contribution is -0.142. The summed E-state index contributed by atoms with van der Waals surface area (Å²) in [6.07, 6.45) is 1.42. The molecule has 1 aliphatic heterocycles. The topological polar surface area (TPSA) is 69.2 Å². The highest BCUT2D eigenvalue weighted by atomic mass is 16.4. The van der Waals surface area contributed by atoms with Gasteiger partial charge in [-0.3, -0.25) is 9.89 Å². The van der Waals surface area contributed by atoms with Gasteiger partial charge in [0.2, 0.25) is 0 Å². The Kier molecular flexibility index (Phi) is 2.62. The summed E-state index contributed by atoms with van der Waals surface area (Å²) in [5.74, 6) is 0.0745. The first-order valence-electron chi connectivity index (χ1n) is 5.16. The van der Waals surface area contributed by atoms with Crippen LogP contribution in [-0.4, -0.2) is 34.4 Å². The number of aryl methyl sites for hydroxylation is 1. The Bertz CT molecular complexity index is 353. The predicted molar refractivity (Wildman–Crippen MR) is 55.9 cm³/mol.